The molecule has 40 heavy (non-hydrogen) atoms. The molecule has 1 amide bonds. The number of pyridine rings is 1. The smallest absolute Gasteiger partial charge is 0.249 e. The number of hydrogen-bond donors (Lipinski definition) is 3. The summed E-state index contributed by atoms with van der Waals surface area (Å²) in [5.74, 6) is 1.90. The van der Waals surface area contributed by atoms with Gasteiger partial charge in [-0.2, -0.15) is 0 Å². The van der Waals surface area contributed by atoms with Crippen molar-refractivity contribution >= 4 is 5.91 Å². The fraction of sp³-hybridized carbons (Fsp3) is 0.613. The lowest BCUT2D eigenvalue weighted by molar-refractivity contribution is -0.146. The van der Waals surface area contributed by atoms with Crippen molar-refractivity contribution < 1.29 is 28.8 Å². The highest BCUT2D eigenvalue weighted by molar-refractivity contribution is 5.81. The first-order valence-electron chi connectivity index (χ1n) is 14.6. The zero-order valence-corrected chi connectivity index (χ0v) is 23.7. The third-order valence-corrected chi connectivity index (χ3v) is 8.45. The van der Waals surface area contributed by atoms with E-state index >= 15 is 0 Å². The second kappa shape index (κ2) is 10.8. The third-order valence-electron chi connectivity index (χ3n) is 8.45. The number of ether oxygens (including phenoxy) is 4. The van der Waals surface area contributed by atoms with Crippen LogP contribution in [0, 0.1) is 5.41 Å². The van der Waals surface area contributed by atoms with Crippen LogP contribution in [0.1, 0.15) is 75.6 Å². The van der Waals surface area contributed by atoms with E-state index in [4.69, 9.17) is 23.9 Å². The highest BCUT2D eigenvalue weighted by atomic mass is 16.7. The Hall–Kier alpha value is -2.88. The van der Waals surface area contributed by atoms with Gasteiger partial charge in [-0.25, -0.2) is 4.98 Å². The van der Waals surface area contributed by atoms with Crippen LogP contribution in [0.3, 0.4) is 0 Å². The minimum atomic E-state index is -0.830. The maximum absolute atomic E-state index is 12.8. The number of nitrogens with one attached hydrogen (secondary N) is 2. The lowest BCUT2D eigenvalue weighted by Gasteiger charge is -2.47. The lowest BCUT2D eigenvalue weighted by atomic mass is 9.73. The number of benzene rings is 1. The van der Waals surface area contributed by atoms with Crippen LogP contribution in [0.25, 0.3) is 0 Å². The van der Waals surface area contributed by atoms with E-state index < -0.39 is 18.2 Å². The van der Waals surface area contributed by atoms with Crippen LogP contribution >= 0.6 is 0 Å². The minimum absolute atomic E-state index is 0.00276. The van der Waals surface area contributed by atoms with E-state index in [1.807, 2.05) is 24.4 Å². The van der Waals surface area contributed by atoms with Crippen molar-refractivity contribution in [3.05, 3.63) is 47.2 Å². The van der Waals surface area contributed by atoms with E-state index in [2.05, 4.69) is 37.5 Å². The molecule has 1 aromatic heterocycles. The van der Waals surface area contributed by atoms with E-state index in [1.54, 1.807) is 0 Å². The minimum Gasteiger partial charge on any atom is -0.471 e. The number of carbonyl (C=O) groups excluding carboxylic acids is 1. The van der Waals surface area contributed by atoms with Crippen molar-refractivity contribution in [2.45, 2.75) is 95.6 Å². The second-order valence-electron chi connectivity index (χ2n) is 13.0. The van der Waals surface area contributed by atoms with Gasteiger partial charge in [-0.15, -0.1) is 0 Å². The standard InChI is InChI=1S/C31H41N3O6/c1-30(2,3)14-20-11-21-23(15-31(8-4-9-31)40-29(21)33-16-20)32-17-24(35)22(34-28(36)26-7-10-37-26)12-19-5-6-25-27(13-19)39-18-38-25/h5-6,11,13,16,22-24,26,32,35H,4,7-10,12,14-15,17-18H2,1-3H3,(H,34,36)/t22-,23?,24+,26?/m0/s1. The normalized spacial score (nSPS) is 23.8. The SMILES string of the molecule is CC(C)(C)Cc1cnc2c(c1)C(NC[C@@H](O)[C@H](Cc1ccc3c(c1)OCO3)NC(=O)C1CCO1)CC1(CCC1)O2. The van der Waals surface area contributed by atoms with Crippen molar-refractivity contribution in [3.63, 3.8) is 0 Å². The second-order valence-corrected chi connectivity index (χ2v) is 13.0. The highest BCUT2D eigenvalue weighted by Gasteiger charge is 2.46. The Bertz CT molecular complexity index is 1240. The Morgan fingerprint density at radius 3 is 2.67 bits per heavy atom. The van der Waals surface area contributed by atoms with Gasteiger partial charge < -0.3 is 34.7 Å². The molecule has 4 aliphatic rings. The van der Waals surface area contributed by atoms with Gasteiger partial charge >= 0.3 is 0 Å². The zero-order chi connectivity index (χ0) is 27.9. The summed E-state index contributed by atoms with van der Waals surface area (Å²) < 4.78 is 22.8. The van der Waals surface area contributed by atoms with Crippen LogP contribution in [0.5, 0.6) is 17.4 Å². The van der Waals surface area contributed by atoms with E-state index in [9.17, 15) is 9.90 Å². The van der Waals surface area contributed by atoms with Crippen LogP contribution in [-0.4, -0.2) is 59.8 Å². The Morgan fingerprint density at radius 2 is 1.98 bits per heavy atom. The van der Waals surface area contributed by atoms with Gasteiger partial charge in [0.25, 0.3) is 0 Å². The molecule has 4 atom stereocenters. The first kappa shape index (κ1) is 27.3. The van der Waals surface area contributed by atoms with Crippen molar-refractivity contribution in [3.8, 4) is 17.4 Å². The quantitative estimate of drug-likeness (QED) is 0.434. The summed E-state index contributed by atoms with van der Waals surface area (Å²) in [6.07, 6.45) is 6.74. The number of amides is 1. The van der Waals surface area contributed by atoms with Gasteiger partial charge in [0.15, 0.2) is 11.5 Å². The maximum Gasteiger partial charge on any atom is 0.249 e. The van der Waals surface area contributed by atoms with Crippen molar-refractivity contribution in [1.29, 1.82) is 0 Å². The number of nitrogens with zero attached hydrogens (tertiary/aromatic N) is 1. The zero-order valence-electron chi connectivity index (χ0n) is 23.7. The van der Waals surface area contributed by atoms with Gasteiger partial charge in [-0.1, -0.05) is 26.8 Å². The molecule has 0 radical (unpaired) electrons. The average molecular weight is 552 g/mol. The molecular weight excluding hydrogens is 510 g/mol. The molecular formula is C31H41N3O6. The molecule has 2 unspecified atom stereocenters. The molecule has 216 valence electrons. The van der Waals surface area contributed by atoms with E-state index in [0.717, 1.165) is 43.2 Å². The number of hydrogen-bond acceptors (Lipinski definition) is 8. The van der Waals surface area contributed by atoms with Crippen LogP contribution in [0.2, 0.25) is 0 Å². The number of aliphatic hydroxyl groups is 1. The van der Waals surface area contributed by atoms with Crippen LogP contribution in [0.15, 0.2) is 30.5 Å². The summed E-state index contributed by atoms with van der Waals surface area (Å²) in [7, 11) is 0. The van der Waals surface area contributed by atoms with E-state index in [1.165, 1.54) is 5.56 Å². The Labute approximate surface area is 235 Å². The summed E-state index contributed by atoms with van der Waals surface area (Å²) in [5, 5.41) is 18.1. The number of carbonyl (C=O) groups is 1. The average Bonchev–Trinajstić information content (AvgIpc) is 3.31. The molecule has 2 aromatic rings. The van der Waals surface area contributed by atoms with Crippen LogP contribution in [-0.2, 0) is 22.4 Å². The van der Waals surface area contributed by atoms with Gasteiger partial charge in [0.1, 0.15) is 11.7 Å². The summed E-state index contributed by atoms with van der Waals surface area (Å²) in [6, 6.07) is 7.44. The predicted octanol–water partition coefficient (Wildman–Crippen LogP) is 3.61. The maximum atomic E-state index is 12.8. The van der Waals surface area contributed by atoms with Gasteiger partial charge in [0, 0.05) is 37.2 Å². The number of rotatable bonds is 9. The van der Waals surface area contributed by atoms with Crippen molar-refractivity contribution in [2.75, 3.05) is 19.9 Å². The molecule has 3 aliphatic heterocycles. The Morgan fingerprint density at radius 1 is 1.18 bits per heavy atom. The molecule has 1 aliphatic carbocycles. The number of aliphatic hydroxyl groups excluding tert-OH is 1. The van der Waals surface area contributed by atoms with Gasteiger partial charge in [0.2, 0.25) is 18.6 Å². The largest absolute Gasteiger partial charge is 0.471 e. The Kier molecular flexibility index (Phi) is 7.39. The molecule has 1 saturated heterocycles. The third kappa shape index (κ3) is 5.92. The molecule has 3 N–H and O–H groups in total. The van der Waals surface area contributed by atoms with E-state index in [-0.39, 0.29) is 29.8 Å². The van der Waals surface area contributed by atoms with E-state index in [0.29, 0.717) is 43.4 Å². The topological polar surface area (TPSA) is 111 Å². The highest BCUT2D eigenvalue weighted by Crippen LogP contribution is 2.48. The monoisotopic (exact) mass is 551 g/mol. The van der Waals surface area contributed by atoms with Gasteiger partial charge in [-0.05, 0) is 66.8 Å². The predicted molar refractivity (Wildman–Crippen MR) is 149 cm³/mol. The van der Waals surface area contributed by atoms with Gasteiger partial charge in [-0.3, -0.25) is 4.79 Å². The number of aromatic nitrogens is 1. The summed E-state index contributed by atoms with van der Waals surface area (Å²) >= 11 is 0. The molecule has 9 heteroatoms. The summed E-state index contributed by atoms with van der Waals surface area (Å²) in [4.78, 5) is 17.6. The lowest BCUT2D eigenvalue weighted by Crippen LogP contribution is -2.54. The fourth-order valence-electron chi connectivity index (χ4n) is 6.08. The molecule has 1 spiro atoms. The first-order valence-corrected chi connectivity index (χ1v) is 14.6. The molecule has 4 heterocycles. The van der Waals surface area contributed by atoms with Crippen LogP contribution in [0.4, 0.5) is 0 Å². The van der Waals surface area contributed by atoms with Crippen molar-refractivity contribution in [2.24, 2.45) is 5.41 Å². The fourth-order valence-corrected chi connectivity index (χ4v) is 6.08. The van der Waals surface area contributed by atoms with Gasteiger partial charge in [0.05, 0.1) is 18.8 Å². The molecule has 0 bridgehead atoms. The Balaban J connectivity index is 1.18. The summed E-state index contributed by atoms with van der Waals surface area (Å²) in [6.45, 7) is 7.77. The molecule has 1 aromatic carbocycles. The first-order chi connectivity index (χ1) is 19.2. The van der Waals surface area contributed by atoms with Crippen LogP contribution < -0.4 is 24.8 Å². The summed E-state index contributed by atoms with van der Waals surface area (Å²) in [5.41, 5.74) is 3.13. The molecule has 9 nitrogen and oxygen atoms in total. The molecule has 1 saturated carbocycles. The molecule has 2 fully saturated rings. The molecule has 6 rings (SSSR count). The number of fused-ring (bicyclic) bond motifs is 2. The van der Waals surface area contributed by atoms with Crippen molar-refractivity contribution in [1.82, 2.24) is 15.6 Å².